The van der Waals surface area contributed by atoms with E-state index in [0.717, 1.165) is 102 Å². The molecule has 0 bridgehead atoms. The molecule has 0 unspecified atom stereocenters. The van der Waals surface area contributed by atoms with Gasteiger partial charge in [-0.2, -0.15) is 30.6 Å². The molecule has 0 radical (unpaired) electrons. The van der Waals surface area contributed by atoms with Gasteiger partial charge >= 0.3 is 0 Å². The van der Waals surface area contributed by atoms with Crippen LogP contribution in [0.25, 0.3) is 0 Å². The van der Waals surface area contributed by atoms with Crippen LogP contribution >= 0.6 is 82.1 Å². The molecule has 7 aliphatic heterocycles. The van der Waals surface area contributed by atoms with Crippen LogP contribution < -0.4 is 105 Å². The zero-order valence-electron chi connectivity index (χ0n) is 108. The summed E-state index contributed by atoms with van der Waals surface area (Å²) in [5.41, 5.74) is -4.66. The molecule has 0 saturated carbocycles. The van der Waals surface area contributed by atoms with E-state index in [1.165, 1.54) is 0 Å². The van der Waals surface area contributed by atoms with Gasteiger partial charge in [0.25, 0.3) is 41.2 Å². The highest BCUT2D eigenvalue weighted by atomic mass is 32.1. The molecule has 7 aromatic rings. The van der Waals surface area contributed by atoms with Crippen molar-refractivity contribution in [3.8, 4) is 41.2 Å². The summed E-state index contributed by atoms with van der Waals surface area (Å²) < 4.78 is 297. The number of β-amino-alcohol motifs (C(OH)–C–C–N with tert-alkyl or cyclic N) is 7. The maximum Gasteiger partial charge on any atom is 0.270 e. The van der Waals surface area contributed by atoms with Gasteiger partial charge in [-0.25, -0.2) is 0 Å². The number of hydrogen-bond acceptors (Lipinski definition) is 56. The molecule has 0 amide bonds. The third kappa shape index (κ3) is 52.2. The van der Waals surface area contributed by atoms with E-state index in [2.05, 4.69) is 98.4 Å². The molecule has 7 saturated heterocycles. The minimum Gasteiger partial charge on any atom is -0.472 e. The van der Waals surface area contributed by atoms with Crippen LogP contribution in [0.5, 0.6) is 41.2 Å². The number of anilines is 7. The fraction of sp³-hybridized carbons (Fsp3) is 0.846. The van der Waals surface area contributed by atoms with E-state index in [0.29, 0.717) is 224 Å². The van der Waals surface area contributed by atoms with E-state index in [-0.39, 0.29) is 92.0 Å². The Bertz CT molecular complexity index is 5600. The van der Waals surface area contributed by atoms with E-state index < -0.39 is 124 Å². The molecule has 14 rings (SSSR count). The van der Waals surface area contributed by atoms with E-state index >= 15 is 0 Å². The van der Waals surface area contributed by atoms with Crippen LogP contribution in [0.2, 0.25) is 0 Å². The summed E-state index contributed by atoms with van der Waals surface area (Å²) in [5.74, 6) is 4.83. The van der Waals surface area contributed by atoms with Crippen molar-refractivity contribution in [2.45, 2.75) is 227 Å². The molecule has 14 N–H and O–H groups in total. The summed E-state index contributed by atoms with van der Waals surface area (Å²) in [6.07, 6.45) is -12.6. The number of aliphatic hydroxyl groups excluding tert-OH is 4. The molecule has 0 aromatic carbocycles. The number of nitrogens with zero attached hydrogens (tertiary/aromatic N) is 21. The zero-order chi connectivity index (χ0) is 126. The molecule has 0 aliphatic carbocycles. The molecule has 147 heavy (non-hydrogen) atoms. The van der Waals surface area contributed by atoms with Crippen molar-refractivity contribution in [2.24, 2.45) is 0 Å². The minimum atomic E-state index is -2.78. The first-order valence-corrected chi connectivity index (χ1v) is 53.1. The normalized spacial score (nSPS) is 21.3. The number of aromatic nitrogens is 14. The molecule has 49 nitrogen and oxygen atoms in total. The lowest BCUT2D eigenvalue weighted by atomic mass is 10.1. The molecular weight excluding hydrogens is 2050 g/mol. The molecule has 7 aromatic heterocycles. The second-order valence-electron chi connectivity index (χ2n) is 39.7. The second-order valence-corrected chi connectivity index (χ2v) is 43.4. The number of aliphatic hydroxyl groups is 7. The van der Waals surface area contributed by atoms with E-state index in [1.54, 1.807) is 41.5 Å². The fourth-order valence-corrected chi connectivity index (χ4v) is 15.7. The standard InChI is InChI=1S/7C13H24N4O3S/c7*1-13(2,3)14-8-10(18)9-20-12-11(15-21-16-12)17-4-6-19-7-5-17/h7*10,14,18H,4-9H2,1-3H3/t7*10-/m0000000/s1/i9D2,10D;8D2,10D;8D2,9D2;1D3,2D3;10D;9D2;8D2. The summed E-state index contributed by atoms with van der Waals surface area (Å²) in [5, 5.41) is 90.5. The highest BCUT2D eigenvalue weighted by Crippen LogP contribution is 2.34. The number of hydrogen-bond donors (Lipinski definition) is 14. The molecule has 7 atom stereocenters. The van der Waals surface area contributed by atoms with Crippen molar-refractivity contribution in [3.05, 3.63) is 0 Å². The van der Waals surface area contributed by atoms with E-state index in [4.69, 9.17) is 95.1 Å². The predicted molar refractivity (Wildman–Crippen MR) is 575 cm³/mol. The average Bonchev–Trinajstić information content (AvgIpc) is 1.04. The summed E-state index contributed by atoms with van der Waals surface area (Å²) in [6, 6.07) is 0. The predicted octanol–water partition coefficient (Wildman–Crippen LogP) is 3.52. The summed E-state index contributed by atoms with van der Waals surface area (Å²) in [7, 11) is 0. The highest BCUT2D eigenvalue weighted by Gasteiger charge is 2.31. The van der Waals surface area contributed by atoms with Crippen LogP contribution in [0.1, 0.15) is 174 Å². The van der Waals surface area contributed by atoms with Gasteiger partial charge < -0.3 is 174 Å². The molecule has 7 fully saturated rings. The molecule has 56 heteroatoms. The first-order chi connectivity index (χ1) is 77.6. The molecule has 14 heterocycles. The molecule has 840 valence electrons. The first kappa shape index (κ1) is 96.1. The average molecular weight is 2240 g/mol. The van der Waals surface area contributed by atoms with Crippen molar-refractivity contribution >= 4 is 123 Å². The van der Waals surface area contributed by atoms with Crippen LogP contribution in [-0.4, -0.2) is 454 Å². The molecule has 0 spiro atoms. The number of nitrogens with one attached hydrogen (secondary N) is 7. The topological polar surface area (TPSA) is 558 Å². The van der Waals surface area contributed by atoms with Crippen LogP contribution in [0.3, 0.4) is 0 Å². The quantitative estimate of drug-likeness (QED) is 0.0260. The van der Waals surface area contributed by atoms with E-state index in [1.807, 2.05) is 117 Å². The highest BCUT2D eigenvalue weighted by molar-refractivity contribution is 7.01. The van der Waals surface area contributed by atoms with E-state index in [9.17, 15) is 35.7 Å². The minimum absolute atomic E-state index is 0.0201. The van der Waals surface area contributed by atoms with Gasteiger partial charge in [-0.3, -0.25) is 0 Å². The zero-order valence-corrected chi connectivity index (χ0v) is 93.1. The van der Waals surface area contributed by atoms with Gasteiger partial charge in [0, 0.05) is 193 Å². The Morgan fingerprint density at radius 3 is 0.741 bits per heavy atom. The van der Waals surface area contributed by atoms with Crippen molar-refractivity contribution in [1.82, 2.24) is 98.4 Å². The van der Waals surface area contributed by atoms with Gasteiger partial charge in [-0.05, 0) is 145 Å². The Morgan fingerprint density at radius 1 is 0.252 bits per heavy atom. The lowest BCUT2D eigenvalue weighted by Gasteiger charge is -2.27. The Balaban J connectivity index is 0.000000236. The van der Waals surface area contributed by atoms with Crippen LogP contribution in [0.4, 0.5) is 40.7 Å². The smallest absolute Gasteiger partial charge is 0.270 e. The van der Waals surface area contributed by atoms with Gasteiger partial charge in [-0.15, -0.1) is 30.6 Å². The lowest BCUT2D eigenvalue weighted by molar-refractivity contribution is 0.0974. The van der Waals surface area contributed by atoms with Gasteiger partial charge in [-0.1, -0.05) is 0 Å². The Labute approximate surface area is 925 Å². The summed E-state index contributed by atoms with van der Waals surface area (Å²) >= 11 is 6.76. The van der Waals surface area contributed by atoms with Crippen LogP contribution in [0, 0.1) is 0 Å². The maximum absolute atomic E-state index is 10.3. The van der Waals surface area contributed by atoms with Crippen molar-refractivity contribution in [2.75, 3.05) is 310 Å². The Kier molecular flexibility index (Phi) is 42.1. The summed E-state index contributed by atoms with van der Waals surface area (Å²) in [4.78, 5) is 13.6. The van der Waals surface area contributed by atoms with Gasteiger partial charge in [0.1, 0.15) is 88.8 Å². The number of rotatable bonds is 42. The lowest BCUT2D eigenvalue weighted by Crippen LogP contribution is -2.42. The molecular formula is C91H168N28O21S7. The monoisotopic (exact) mass is 2230 g/mol. The largest absolute Gasteiger partial charge is 0.472 e. The van der Waals surface area contributed by atoms with Crippen molar-refractivity contribution in [1.29, 1.82) is 0 Å². The summed E-state index contributed by atoms with van der Waals surface area (Å²) in [6.45, 7) is 30.2. The fourth-order valence-electron chi connectivity index (χ4n) is 12.1. The number of ether oxygens (including phenoxy) is 14. The Morgan fingerprint density at radius 2 is 0.463 bits per heavy atom. The third-order valence-electron chi connectivity index (χ3n) is 19.5. The van der Waals surface area contributed by atoms with Gasteiger partial charge in [0.15, 0.2) is 0 Å². The second kappa shape index (κ2) is 64.4. The number of morpholine rings is 7. The maximum atomic E-state index is 10.3. The van der Waals surface area contributed by atoms with Gasteiger partial charge in [0.05, 0.1) is 187 Å². The first-order valence-electron chi connectivity index (χ1n) is 58.5. The van der Waals surface area contributed by atoms with Crippen molar-refractivity contribution < 1.29 is 131 Å². The van der Waals surface area contributed by atoms with Crippen LogP contribution in [0.15, 0.2) is 0 Å². The van der Waals surface area contributed by atoms with Crippen molar-refractivity contribution in [3.63, 3.8) is 0 Å². The Hall–Kier alpha value is -6.72. The van der Waals surface area contributed by atoms with Gasteiger partial charge in [0.2, 0.25) is 40.7 Å². The SMILES string of the molecule is [2H]C([2H])(NC(C)(C)C)[C@H](O)C([2H])([2H])Oc1nsnc1N1CCOCC1.[2H]C([2H])(NC(C)(C)C)[C@H](O)COc1nsnc1N1CCOCC1.[2H]C([2H])(NC(C)(C)C)[C@]([2H])(O)COc1nsnc1N1CCOCC1.[2H]C([2H])(Oc1nsnc1N1CCOCC1)[C@@H](O)CNC(C)(C)C.[2H]C([2H])(Oc1nsnc1N1CCOCC1)[C@@]([2H])(O)CNC(C)(C)C.[2H]C([2H])([2H])C(C)(NC[C@H](O)COc1nsnc1N1CCOCC1)C([2H])([2H])[2H].[2H][C@](O)(CNC(C)(C)C)COc1nsnc1N1CCOCC1. The molecule has 7 aliphatic rings. The third-order valence-corrected chi connectivity index (χ3v) is 23.0. The van der Waals surface area contributed by atoms with Crippen LogP contribution in [-0.2, 0) is 33.2 Å².